The molecule has 0 amide bonds. The van der Waals surface area contributed by atoms with Crippen molar-refractivity contribution in [2.24, 2.45) is 0 Å². The van der Waals surface area contributed by atoms with E-state index in [-0.39, 0.29) is 5.41 Å². The van der Waals surface area contributed by atoms with Crippen molar-refractivity contribution in [1.29, 1.82) is 0 Å². The van der Waals surface area contributed by atoms with E-state index in [0.29, 0.717) is 37.7 Å². The molecule has 0 aliphatic carbocycles. The first-order chi connectivity index (χ1) is 10.3. The van der Waals surface area contributed by atoms with Crippen LogP contribution in [0.5, 0.6) is 0 Å². The summed E-state index contributed by atoms with van der Waals surface area (Å²) in [7, 11) is -1.84. The summed E-state index contributed by atoms with van der Waals surface area (Å²) in [6.07, 6.45) is 0.628. The summed E-state index contributed by atoms with van der Waals surface area (Å²) >= 11 is 0. The van der Waals surface area contributed by atoms with Gasteiger partial charge in [0.15, 0.2) is 0 Å². The van der Waals surface area contributed by atoms with Crippen molar-refractivity contribution in [1.82, 2.24) is 4.72 Å². The van der Waals surface area contributed by atoms with Crippen molar-refractivity contribution in [3.8, 4) is 0 Å². The molecule has 22 heavy (non-hydrogen) atoms. The van der Waals surface area contributed by atoms with E-state index in [2.05, 4.69) is 25.5 Å². The summed E-state index contributed by atoms with van der Waals surface area (Å²) in [6, 6.07) is 7.03. The Morgan fingerprint density at radius 3 is 2.23 bits per heavy atom. The Kier molecular flexibility index (Phi) is 7.48. The molecule has 0 spiro atoms. The van der Waals surface area contributed by atoms with Crippen LogP contribution in [-0.2, 0) is 24.9 Å². The van der Waals surface area contributed by atoms with Crippen LogP contribution in [0.4, 0.5) is 0 Å². The molecule has 0 heterocycles. The summed E-state index contributed by atoms with van der Waals surface area (Å²) in [4.78, 5) is 0.292. The summed E-state index contributed by atoms with van der Waals surface area (Å²) < 4.78 is 37.0. The maximum absolute atomic E-state index is 12.2. The molecule has 0 saturated carbocycles. The van der Waals surface area contributed by atoms with Crippen LogP contribution < -0.4 is 4.72 Å². The summed E-state index contributed by atoms with van der Waals surface area (Å²) in [6.45, 7) is 8.23. The number of ether oxygens (including phenoxy) is 2. The van der Waals surface area contributed by atoms with Gasteiger partial charge in [0, 0.05) is 20.3 Å². The zero-order valence-corrected chi connectivity index (χ0v) is 14.7. The van der Waals surface area contributed by atoms with E-state index in [9.17, 15) is 8.42 Å². The maximum atomic E-state index is 12.2. The Morgan fingerprint density at radius 2 is 1.68 bits per heavy atom. The van der Waals surface area contributed by atoms with Gasteiger partial charge in [-0.15, -0.1) is 0 Å². The Balaban J connectivity index is 2.46. The molecular formula is C16H27NO4S. The van der Waals surface area contributed by atoms with E-state index < -0.39 is 10.0 Å². The minimum Gasteiger partial charge on any atom is -0.382 e. The molecule has 0 aliphatic rings. The number of benzene rings is 1. The van der Waals surface area contributed by atoms with E-state index in [1.165, 1.54) is 0 Å². The van der Waals surface area contributed by atoms with Gasteiger partial charge in [0.05, 0.1) is 18.1 Å². The van der Waals surface area contributed by atoms with Gasteiger partial charge in [0.1, 0.15) is 0 Å². The molecule has 0 aromatic heterocycles. The maximum Gasteiger partial charge on any atom is 0.240 e. The lowest BCUT2D eigenvalue weighted by molar-refractivity contribution is 0.0699. The SMILES string of the molecule is COCCOCCCNS(=O)(=O)c1ccc(C(C)(C)C)cc1. The molecular weight excluding hydrogens is 302 g/mol. The molecule has 126 valence electrons. The van der Waals surface area contributed by atoms with Crippen molar-refractivity contribution in [3.63, 3.8) is 0 Å². The predicted molar refractivity (Wildman–Crippen MR) is 87.6 cm³/mol. The first-order valence-electron chi connectivity index (χ1n) is 7.44. The lowest BCUT2D eigenvalue weighted by atomic mass is 9.87. The molecule has 0 fully saturated rings. The molecule has 1 aromatic carbocycles. The average molecular weight is 329 g/mol. The fourth-order valence-corrected chi connectivity index (χ4v) is 2.92. The van der Waals surface area contributed by atoms with Gasteiger partial charge in [-0.1, -0.05) is 32.9 Å². The standard InChI is InChI=1S/C16H27NO4S/c1-16(2,3)14-6-8-15(9-7-14)22(18,19)17-10-5-11-21-13-12-20-4/h6-9,17H,5,10-13H2,1-4H3. The predicted octanol–water partition coefficient (Wildman–Crippen LogP) is 2.32. The molecule has 0 bridgehead atoms. The summed E-state index contributed by atoms with van der Waals surface area (Å²) in [5.41, 5.74) is 1.12. The molecule has 6 heteroatoms. The van der Waals surface area contributed by atoms with E-state index in [1.54, 1.807) is 19.2 Å². The quantitative estimate of drug-likeness (QED) is 0.706. The highest BCUT2D eigenvalue weighted by atomic mass is 32.2. The largest absolute Gasteiger partial charge is 0.382 e. The van der Waals surface area contributed by atoms with Crippen LogP contribution >= 0.6 is 0 Å². The third kappa shape index (κ3) is 6.44. The normalized spacial score (nSPS) is 12.5. The van der Waals surface area contributed by atoms with E-state index in [1.807, 2.05) is 12.1 Å². The molecule has 0 saturated heterocycles. The Hall–Kier alpha value is -0.950. The Morgan fingerprint density at radius 1 is 1.05 bits per heavy atom. The lowest BCUT2D eigenvalue weighted by Gasteiger charge is -2.19. The fourth-order valence-electron chi connectivity index (χ4n) is 1.84. The zero-order valence-electron chi connectivity index (χ0n) is 13.9. The van der Waals surface area contributed by atoms with Gasteiger partial charge in [-0.25, -0.2) is 13.1 Å². The smallest absolute Gasteiger partial charge is 0.240 e. The van der Waals surface area contributed by atoms with Gasteiger partial charge in [-0.05, 0) is 29.5 Å². The van der Waals surface area contributed by atoms with Crippen molar-refractivity contribution >= 4 is 10.0 Å². The highest BCUT2D eigenvalue weighted by Gasteiger charge is 2.17. The second-order valence-electron chi connectivity index (χ2n) is 6.13. The van der Waals surface area contributed by atoms with Crippen LogP contribution in [0.15, 0.2) is 29.2 Å². The highest BCUT2D eigenvalue weighted by molar-refractivity contribution is 7.89. The topological polar surface area (TPSA) is 64.6 Å². The van der Waals surface area contributed by atoms with Crippen molar-refractivity contribution in [2.45, 2.75) is 37.5 Å². The zero-order chi connectivity index (χ0) is 16.6. The van der Waals surface area contributed by atoms with Crippen LogP contribution in [0.2, 0.25) is 0 Å². The van der Waals surface area contributed by atoms with Gasteiger partial charge >= 0.3 is 0 Å². The van der Waals surface area contributed by atoms with Gasteiger partial charge in [0.2, 0.25) is 10.0 Å². The first-order valence-corrected chi connectivity index (χ1v) is 8.92. The number of nitrogens with one attached hydrogen (secondary N) is 1. The van der Waals surface area contributed by atoms with Crippen LogP contribution in [0.25, 0.3) is 0 Å². The van der Waals surface area contributed by atoms with Crippen LogP contribution in [-0.4, -0.2) is 41.9 Å². The number of sulfonamides is 1. The van der Waals surface area contributed by atoms with Gasteiger partial charge in [-0.2, -0.15) is 0 Å². The van der Waals surface area contributed by atoms with E-state index in [0.717, 1.165) is 5.56 Å². The second-order valence-corrected chi connectivity index (χ2v) is 7.90. The molecule has 0 aliphatic heterocycles. The highest BCUT2D eigenvalue weighted by Crippen LogP contribution is 2.23. The number of methoxy groups -OCH3 is 1. The summed E-state index contributed by atoms with van der Waals surface area (Å²) in [5, 5.41) is 0. The number of rotatable bonds is 9. The second kappa shape index (κ2) is 8.62. The third-order valence-electron chi connectivity index (χ3n) is 3.22. The molecule has 1 N–H and O–H groups in total. The Labute approximate surface area is 134 Å². The minimum absolute atomic E-state index is 0.00919. The van der Waals surface area contributed by atoms with Crippen molar-refractivity contribution < 1.29 is 17.9 Å². The van der Waals surface area contributed by atoms with Gasteiger partial charge < -0.3 is 9.47 Å². The molecule has 1 aromatic rings. The van der Waals surface area contributed by atoms with Crippen LogP contribution in [0.3, 0.4) is 0 Å². The number of hydrogen-bond donors (Lipinski definition) is 1. The average Bonchev–Trinajstić information content (AvgIpc) is 2.45. The monoisotopic (exact) mass is 329 g/mol. The third-order valence-corrected chi connectivity index (χ3v) is 4.70. The van der Waals surface area contributed by atoms with E-state index in [4.69, 9.17) is 9.47 Å². The van der Waals surface area contributed by atoms with Crippen molar-refractivity contribution in [2.75, 3.05) is 33.5 Å². The first kappa shape index (κ1) is 19.1. The molecule has 0 unspecified atom stereocenters. The fraction of sp³-hybridized carbons (Fsp3) is 0.625. The summed E-state index contributed by atoms with van der Waals surface area (Å²) in [5.74, 6) is 0. The van der Waals surface area contributed by atoms with Gasteiger partial charge in [-0.3, -0.25) is 0 Å². The van der Waals surface area contributed by atoms with Crippen molar-refractivity contribution in [3.05, 3.63) is 29.8 Å². The molecule has 5 nitrogen and oxygen atoms in total. The van der Waals surface area contributed by atoms with E-state index >= 15 is 0 Å². The van der Waals surface area contributed by atoms with Crippen LogP contribution in [0, 0.1) is 0 Å². The molecule has 0 atom stereocenters. The minimum atomic E-state index is -3.45. The van der Waals surface area contributed by atoms with Gasteiger partial charge in [0.25, 0.3) is 0 Å². The lowest BCUT2D eigenvalue weighted by Crippen LogP contribution is -2.26. The molecule has 1 rings (SSSR count). The Bertz CT molecular complexity index is 532. The molecule has 0 radical (unpaired) electrons. The van der Waals surface area contributed by atoms with Crippen LogP contribution in [0.1, 0.15) is 32.8 Å². The number of hydrogen-bond acceptors (Lipinski definition) is 4.